The Hall–Kier alpha value is -3.01. The molecule has 4 rings (SSSR count). The molecule has 1 aliphatic heterocycles. The summed E-state index contributed by atoms with van der Waals surface area (Å²) in [6, 6.07) is 18.3. The first-order chi connectivity index (χ1) is 13.2. The maximum Gasteiger partial charge on any atom is 0.225 e. The molecule has 0 spiro atoms. The predicted octanol–water partition coefficient (Wildman–Crippen LogP) is 5.11. The number of amides is 1. The fourth-order valence-electron chi connectivity index (χ4n) is 3.73. The second-order valence-corrected chi connectivity index (χ2v) is 6.81. The number of nitrogens with one attached hydrogen (secondary N) is 1. The molecule has 0 aromatic heterocycles. The summed E-state index contributed by atoms with van der Waals surface area (Å²) in [5, 5.41) is 5.27. The molecule has 4 heteroatoms. The number of carbonyl (C=O) groups is 1. The molecule has 0 saturated carbocycles. The topological polar surface area (TPSA) is 47.6 Å². The Morgan fingerprint density at radius 3 is 2.74 bits per heavy atom. The van der Waals surface area contributed by atoms with Crippen LogP contribution >= 0.6 is 0 Å². The maximum absolute atomic E-state index is 12.4. The average molecular weight is 361 g/mol. The summed E-state index contributed by atoms with van der Waals surface area (Å²) in [4.78, 5) is 12.4. The first-order valence-corrected chi connectivity index (χ1v) is 9.33. The Kier molecular flexibility index (Phi) is 4.71. The number of fused-ring (bicyclic) bond motifs is 3. The maximum atomic E-state index is 12.4. The van der Waals surface area contributed by atoms with Gasteiger partial charge in [-0.05, 0) is 35.1 Å². The highest BCUT2D eigenvalue weighted by molar-refractivity contribution is 6.06. The SMILES string of the molecule is CCCOc1ccc([C@H]2CC(=O)Nc3c2ccc2ccccc32)cc1OC. The minimum absolute atomic E-state index is 0.00696. The van der Waals surface area contributed by atoms with Crippen molar-refractivity contribution in [2.45, 2.75) is 25.7 Å². The van der Waals surface area contributed by atoms with Crippen molar-refractivity contribution in [2.24, 2.45) is 0 Å². The number of hydrogen-bond donors (Lipinski definition) is 1. The van der Waals surface area contributed by atoms with Crippen LogP contribution in [0.2, 0.25) is 0 Å². The van der Waals surface area contributed by atoms with Crippen LogP contribution in [0.3, 0.4) is 0 Å². The molecule has 3 aromatic rings. The van der Waals surface area contributed by atoms with E-state index in [9.17, 15) is 4.79 Å². The van der Waals surface area contributed by atoms with E-state index < -0.39 is 0 Å². The lowest BCUT2D eigenvalue weighted by Gasteiger charge is -2.27. The van der Waals surface area contributed by atoms with Gasteiger partial charge in [-0.1, -0.05) is 49.4 Å². The van der Waals surface area contributed by atoms with Crippen molar-refractivity contribution in [3.8, 4) is 11.5 Å². The summed E-state index contributed by atoms with van der Waals surface area (Å²) >= 11 is 0. The molecule has 4 nitrogen and oxygen atoms in total. The second-order valence-electron chi connectivity index (χ2n) is 6.81. The number of hydrogen-bond acceptors (Lipinski definition) is 3. The minimum Gasteiger partial charge on any atom is -0.493 e. The largest absolute Gasteiger partial charge is 0.493 e. The third-order valence-corrected chi connectivity index (χ3v) is 5.04. The molecule has 0 bridgehead atoms. The molecule has 3 aromatic carbocycles. The molecule has 1 amide bonds. The normalized spacial score (nSPS) is 15.9. The third-order valence-electron chi connectivity index (χ3n) is 5.04. The number of rotatable bonds is 5. The molecule has 0 unspecified atom stereocenters. The van der Waals surface area contributed by atoms with Gasteiger partial charge < -0.3 is 14.8 Å². The second kappa shape index (κ2) is 7.31. The van der Waals surface area contributed by atoms with E-state index in [4.69, 9.17) is 9.47 Å². The van der Waals surface area contributed by atoms with Crippen LogP contribution in [0.15, 0.2) is 54.6 Å². The third kappa shape index (κ3) is 3.23. The van der Waals surface area contributed by atoms with Crippen LogP contribution in [-0.4, -0.2) is 19.6 Å². The molecule has 0 fully saturated rings. The van der Waals surface area contributed by atoms with Gasteiger partial charge in [0.1, 0.15) is 0 Å². The lowest BCUT2D eigenvalue weighted by atomic mass is 9.83. The van der Waals surface area contributed by atoms with Crippen molar-refractivity contribution in [1.29, 1.82) is 0 Å². The van der Waals surface area contributed by atoms with E-state index in [1.54, 1.807) is 7.11 Å². The van der Waals surface area contributed by atoms with Crippen molar-refractivity contribution in [1.82, 2.24) is 0 Å². The van der Waals surface area contributed by atoms with Crippen molar-refractivity contribution in [2.75, 3.05) is 19.0 Å². The van der Waals surface area contributed by atoms with Crippen molar-refractivity contribution < 1.29 is 14.3 Å². The Bertz CT molecular complexity index is 996. The first-order valence-electron chi connectivity index (χ1n) is 9.33. The molecular weight excluding hydrogens is 338 g/mol. The van der Waals surface area contributed by atoms with Gasteiger partial charge in [0.05, 0.1) is 19.4 Å². The number of ether oxygens (including phenoxy) is 2. The highest BCUT2D eigenvalue weighted by Gasteiger charge is 2.28. The van der Waals surface area contributed by atoms with E-state index in [-0.39, 0.29) is 11.8 Å². The minimum atomic E-state index is -0.00696. The lowest BCUT2D eigenvalue weighted by molar-refractivity contribution is -0.116. The Morgan fingerprint density at radius 1 is 1.07 bits per heavy atom. The van der Waals surface area contributed by atoms with Gasteiger partial charge in [0.25, 0.3) is 0 Å². The number of benzene rings is 3. The molecule has 0 saturated heterocycles. The zero-order valence-electron chi connectivity index (χ0n) is 15.6. The molecular formula is C23H23NO3. The predicted molar refractivity (Wildman–Crippen MR) is 108 cm³/mol. The monoisotopic (exact) mass is 361 g/mol. The van der Waals surface area contributed by atoms with Crippen LogP contribution < -0.4 is 14.8 Å². The fourth-order valence-corrected chi connectivity index (χ4v) is 3.73. The van der Waals surface area contributed by atoms with Crippen molar-refractivity contribution in [3.05, 3.63) is 65.7 Å². The van der Waals surface area contributed by atoms with Gasteiger partial charge in [-0.15, -0.1) is 0 Å². The number of anilines is 1. The molecule has 27 heavy (non-hydrogen) atoms. The van der Waals surface area contributed by atoms with E-state index in [1.807, 2.05) is 30.3 Å². The summed E-state index contributed by atoms with van der Waals surface area (Å²) in [6.07, 6.45) is 1.36. The zero-order valence-corrected chi connectivity index (χ0v) is 15.6. The van der Waals surface area contributed by atoms with Crippen LogP contribution in [-0.2, 0) is 4.79 Å². The van der Waals surface area contributed by atoms with Gasteiger partial charge in [-0.25, -0.2) is 0 Å². The van der Waals surface area contributed by atoms with E-state index in [0.717, 1.165) is 39.8 Å². The van der Waals surface area contributed by atoms with E-state index in [1.165, 1.54) is 0 Å². The van der Waals surface area contributed by atoms with Crippen molar-refractivity contribution >= 4 is 22.4 Å². The summed E-state index contributed by atoms with van der Waals surface area (Å²) < 4.78 is 11.3. The summed E-state index contributed by atoms with van der Waals surface area (Å²) in [6.45, 7) is 2.72. The van der Waals surface area contributed by atoms with Gasteiger partial charge in [-0.2, -0.15) is 0 Å². The van der Waals surface area contributed by atoms with Crippen molar-refractivity contribution in [3.63, 3.8) is 0 Å². The summed E-state index contributed by atoms with van der Waals surface area (Å²) in [5.41, 5.74) is 3.11. The van der Waals surface area contributed by atoms with Crippen LogP contribution in [0, 0.1) is 0 Å². The summed E-state index contributed by atoms with van der Waals surface area (Å²) in [7, 11) is 1.65. The first kappa shape index (κ1) is 17.4. The molecule has 1 N–H and O–H groups in total. The molecule has 0 aliphatic carbocycles. The standard InChI is InChI=1S/C23H23NO3/c1-3-12-27-20-11-9-16(13-21(20)26-2)19-14-22(25)24-23-17-7-5-4-6-15(17)8-10-18(19)23/h4-11,13,19H,3,12,14H2,1-2H3,(H,24,25)/t19-/m1/s1. The quantitative estimate of drug-likeness (QED) is 0.687. The highest BCUT2D eigenvalue weighted by Crippen LogP contribution is 2.42. The van der Waals surface area contributed by atoms with Crippen LogP contribution in [0.25, 0.3) is 10.8 Å². The zero-order chi connectivity index (χ0) is 18.8. The van der Waals surface area contributed by atoms with Crippen LogP contribution in [0.4, 0.5) is 5.69 Å². The van der Waals surface area contributed by atoms with Crippen LogP contribution in [0.5, 0.6) is 11.5 Å². The number of methoxy groups -OCH3 is 1. The van der Waals surface area contributed by atoms with E-state index in [0.29, 0.717) is 18.8 Å². The van der Waals surface area contributed by atoms with E-state index in [2.05, 4.69) is 36.5 Å². The molecule has 1 heterocycles. The van der Waals surface area contributed by atoms with Gasteiger partial charge in [0.2, 0.25) is 5.91 Å². The molecule has 1 atom stereocenters. The fraction of sp³-hybridized carbons (Fsp3) is 0.261. The van der Waals surface area contributed by atoms with Gasteiger partial charge in [0.15, 0.2) is 11.5 Å². The lowest BCUT2D eigenvalue weighted by Crippen LogP contribution is -2.23. The molecule has 0 radical (unpaired) electrons. The Labute approximate surface area is 159 Å². The Balaban J connectivity index is 1.79. The average Bonchev–Trinajstić information content (AvgIpc) is 2.71. The van der Waals surface area contributed by atoms with Gasteiger partial charge in [-0.3, -0.25) is 4.79 Å². The number of carbonyl (C=O) groups excluding carboxylic acids is 1. The van der Waals surface area contributed by atoms with E-state index >= 15 is 0 Å². The molecule has 138 valence electrons. The summed E-state index contributed by atoms with van der Waals surface area (Å²) in [5.74, 6) is 1.47. The highest BCUT2D eigenvalue weighted by atomic mass is 16.5. The van der Waals surface area contributed by atoms with Crippen LogP contribution in [0.1, 0.15) is 36.8 Å². The molecule has 1 aliphatic rings. The Morgan fingerprint density at radius 2 is 1.93 bits per heavy atom. The smallest absolute Gasteiger partial charge is 0.225 e. The van der Waals surface area contributed by atoms with Gasteiger partial charge in [0, 0.05) is 17.7 Å². The van der Waals surface area contributed by atoms with Gasteiger partial charge >= 0.3 is 0 Å².